The summed E-state index contributed by atoms with van der Waals surface area (Å²) < 4.78 is 0. The van der Waals surface area contributed by atoms with E-state index in [1.165, 1.54) is 30.5 Å². The summed E-state index contributed by atoms with van der Waals surface area (Å²) in [6.07, 6.45) is 6.71. The maximum atomic E-state index is 12.3. The Morgan fingerprint density at radius 3 is 3.04 bits per heavy atom. The van der Waals surface area contributed by atoms with E-state index in [9.17, 15) is 4.79 Å². The van der Waals surface area contributed by atoms with Gasteiger partial charge < -0.3 is 10.3 Å². The monoisotopic (exact) mass is 326 g/mol. The first kappa shape index (κ1) is 14.6. The molecule has 2 aliphatic rings. The zero-order valence-corrected chi connectivity index (χ0v) is 13.8. The van der Waals surface area contributed by atoms with Gasteiger partial charge in [-0.1, -0.05) is 18.5 Å². The molecule has 0 saturated carbocycles. The van der Waals surface area contributed by atoms with Crippen LogP contribution in [0.4, 0.5) is 5.69 Å². The largest absolute Gasteiger partial charge is 0.359 e. The Balaban J connectivity index is 1.76. The summed E-state index contributed by atoms with van der Waals surface area (Å²) >= 11 is 6.09. The minimum Gasteiger partial charge on any atom is -0.359 e. The van der Waals surface area contributed by atoms with Crippen molar-refractivity contribution >= 4 is 34.8 Å². The van der Waals surface area contributed by atoms with E-state index in [2.05, 4.69) is 23.3 Å². The van der Waals surface area contributed by atoms with Gasteiger partial charge in [-0.15, -0.1) is 0 Å². The van der Waals surface area contributed by atoms with E-state index in [0.717, 1.165) is 23.4 Å². The Labute approximate surface area is 140 Å². The van der Waals surface area contributed by atoms with Crippen molar-refractivity contribution in [3.05, 3.63) is 51.8 Å². The van der Waals surface area contributed by atoms with Crippen molar-refractivity contribution in [2.45, 2.75) is 38.5 Å². The third-order valence-corrected chi connectivity index (χ3v) is 5.17. The normalized spacial score (nSPS) is 21.2. The third kappa shape index (κ3) is 2.49. The lowest BCUT2D eigenvalue weighted by molar-refractivity contribution is -0.110. The van der Waals surface area contributed by atoms with Gasteiger partial charge in [0, 0.05) is 27.7 Å². The van der Waals surface area contributed by atoms with Crippen LogP contribution in [0.2, 0.25) is 5.02 Å². The Morgan fingerprint density at radius 1 is 1.35 bits per heavy atom. The molecule has 4 heteroatoms. The van der Waals surface area contributed by atoms with Gasteiger partial charge in [0.25, 0.3) is 5.91 Å². The topological polar surface area (TPSA) is 44.9 Å². The van der Waals surface area contributed by atoms with Crippen LogP contribution < -0.4 is 5.32 Å². The van der Waals surface area contributed by atoms with Crippen LogP contribution in [0.5, 0.6) is 0 Å². The first-order valence-corrected chi connectivity index (χ1v) is 8.58. The van der Waals surface area contributed by atoms with Crippen LogP contribution in [0.3, 0.4) is 0 Å². The Bertz CT molecular complexity index is 819. The average Bonchev–Trinajstić information content (AvgIpc) is 3.09. The molecular formula is C19H19ClN2O. The summed E-state index contributed by atoms with van der Waals surface area (Å²) in [5.41, 5.74) is 6.15. The van der Waals surface area contributed by atoms with Crippen molar-refractivity contribution < 1.29 is 4.79 Å². The van der Waals surface area contributed by atoms with Gasteiger partial charge in [0.2, 0.25) is 0 Å². The first-order valence-electron chi connectivity index (χ1n) is 8.20. The van der Waals surface area contributed by atoms with Gasteiger partial charge in [0.15, 0.2) is 0 Å². The van der Waals surface area contributed by atoms with Crippen molar-refractivity contribution in [2.75, 3.05) is 5.32 Å². The summed E-state index contributed by atoms with van der Waals surface area (Å²) in [7, 11) is 0. The fraction of sp³-hybridized carbons (Fsp3) is 0.316. The maximum Gasteiger partial charge on any atom is 0.256 e. The van der Waals surface area contributed by atoms with Crippen molar-refractivity contribution in [3.63, 3.8) is 0 Å². The molecule has 118 valence electrons. The predicted molar refractivity (Wildman–Crippen MR) is 94.7 cm³/mol. The first-order chi connectivity index (χ1) is 11.2. The quantitative estimate of drug-likeness (QED) is 0.750. The lowest BCUT2D eigenvalue weighted by atomic mass is 9.85. The van der Waals surface area contributed by atoms with E-state index in [1.54, 1.807) is 6.07 Å². The summed E-state index contributed by atoms with van der Waals surface area (Å²) in [5, 5.41) is 3.54. The second-order valence-corrected chi connectivity index (χ2v) is 6.79. The number of aromatic amines is 1. The molecule has 23 heavy (non-hydrogen) atoms. The van der Waals surface area contributed by atoms with Crippen molar-refractivity contribution in [1.82, 2.24) is 4.98 Å². The lowest BCUT2D eigenvalue weighted by Gasteiger charge is -2.20. The van der Waals surface area contributed by atoms with Gasteiger partial charge in [-0.05, 0) is 67.5 Å². The number of aryl methyl sites for hydroxylation is 1. The highest BCUT2D eigenvalue weighted by Crippen LogP contribution is 2.37. The van der Waals surface area contributed by atoms with Crippen molar-refractivity contribution in [3.8, 4) is 0 Å². The van der Waals surface area contributed by atoms with Crippen LogP contribution in [0, 0.1) is 0 Å². The Hall–Kier alpha value is -2.00. The van der Waals surface area contributed by atoms with Gasteiger partial charge in [-0.25, -0.2) is 0 Å². The standard InChI is InChI=1S/C19H19ClN2O/c1-2-11-4-3-5-17-14(11)9-13(21-17)10-16-15-8-12(20)6-7-18(15)22-19(16)23/h6-11,21H,2-5H2,1H3,(H,22,23). The number of carbonyl (C=O) groups is 1. The molecule has 1 aromatic carbocycles. The highest BCUT2D eigenvalue weighted by molar-refractivity contribution is 6.36. The number of anilines is 1. The average molecular weight is 327 g/mol. The summed E-state index contributed by atoms with van der Waals surface area (Å²) in [6, 6.07) is 7.70. The summed E-state index contributed by atoms with van der Waals surface area (Å²) in [5.74, 6) is 0.572. The number of hydrogen-bond acceptors (Lipinski definition) is 1. The Morgan fingerprint density at radius 2 is 2.22 bits per heavy atom. The number of nitrogens with one attached hydrogen (secondary N) is 2. The molecule has 0 fully saturated rings. The summed E-state index contributed by atoms with van der Waals surface area (Å²) in [4.78, 5) is 15.8. The molecule has 1 amide bonds. The van der Waals surface area contributed by atoms with Crippen molar-refractivity contribution in [2.24, 2.45) is 0 Å². The molecule has 1 aliphatic heterocycles. The second-order valence-electron chi connectivity index (χ2n) is 6.36. The number of fused-ring (bicyclic) bond motifs is 2. The molecule has 1 atom stereocenters. The van der Waals surface area contributed by atoms with Gasteiger partial charge in [0.1, 0.15) is 0 Å². The summed E-state index contributed by atoms with van der Waals surface area (Å²) in [6.45, 7) is 2.24. The second kappa shape index (κ2) is 5.57. The van der Waals surface area contributed by atoms with Crippen LogP contribution in [-0.4, -0.2) is 10.9 Å². The van der Waals surface area contributed by atoms with E-state index >= 15 is 0 Å². The van der Waals surface area contributed by atoms with Gasteiger partial charge >= 0.3 is 0 Å². The maximum absolute atomic E-state index is 12.3. The third-order valence-electron chi connectivity index (χ3n) is 4.93. The highest BCUT2D eigenvalue weighted by atomic mass is 35.5. The van der Waals surface area contributed by atoms with E-state index in [0.29, 0.717) is 16.5 Å². The number of benzene rings is 1. The molecule has 2 N–H and O–H groups in total. The van der Waals surface area contributed by atoms with Crippen LogP contribution in [0.15, 0.2) is 24.3 Å². The molecule has 1 aromatic heterocycles. The van der Waals surface area contributed by atoms with Crippen LogP contribution in [0.1, 0.15) is 54.6 Å². The molecule has 0 radical (unpaired) electrons. The molecule has 0 spiro atoms. The highest BCUT2D eigenvalue weighted by Gasteiger charge is 2.25. The van der Waals surface area contributed by atoms with Gasteiger partial charge in [0.05, 0.1) is 5.57 Å². The number of aromatic nitrogens is 1. The van der Waals surface area contributed by atoms with Crippen molar-refractivity contribution in [1.29, 1.82) is 0 Å². The van der Waals surface area contributed by atoms with E-state index in [1.807, 2.05) is 18.2 Å². The molecule has 0 saturated heterocycles. The van der Waals surface area contributed by atoms with E-state index in [4.69, 9.17) is 11.6 Å². The smallest absolute Gasteiger partial charge is 0.256 e. The van der Waals surface area contributed by atoms with Gasteiger partial charge in [-0.3, -0.25) is 4.79 Å². The lowest BCUT2D eigenvalue weighted by Crippen LogP contribution is -2.07. The predicted octanol–water partition coefficient (Wildman–Crippen LogP) is 4.99. The molecule has 3 nitrogen and oxygen atoms in total. The number of rotatable bonds is 2. The van der Waals surface area contributed by atoms with Crippen LogP contribution in [-0.2, 0) is 11.2 Å². The zero-order chi connectivity index (χ0) is 16.0. The molecular weight excluding hydrogens is 308 g/mol. The molecule has 2 heterocycles. The number of halogens is 1. The van der Waals surface area contributed by atoms with Crippen LogP contribution in [0.25, 0.3) is 11.6 Å². The molecule has 2 aromatic rings. The number of H-pyrrole nitrogens is 1. The SMILES string of the molecule is CCC1CCCc2[nH]c(C=C3C(=O)Nc4ccc(Cl)cc43)cc21. The number of amides is 1. The zero-order valence-electron chi connectivity index (χ0n) is 13.1. The van der Waals surface area contributed by atoms with Crippen LogP contribution >= 0.6 is 11.6 Å². The minimum absolute atomic E-state index is 0.0677. The fourth-order valence-corrected chi connectivity index (χ4v) is 3.92. The molecule has 1 unspecified atom stereocenters. The minimum atomic E-state index is -0.0677. The molecule has 4 rings (SSSR count). The fourth-order valence-electron chi connectivity index (χ4n) is 3.75. The van der Waals surface area contributed by atoms with E-state index < -0.39 is 0 Å². The molecule has 1 aliphatic carbocycles. The number of carbonyl (C=O) groups excluding carboxylic acids is 1. The molecule has 0 bridgehead atoms. The van der Waals surface area contributed by atoms with E-state index in [-0.39, 0.29) is 5.91 Å². The van der Waals surface area contributed by atoms with Gasteiger partial charge in [-0.2, -0.15) is 0 Å². The number of hydrogen-bond donors (Lipinski definition) is 2. The Kier molecular flexibility index (Phi) is 3.53.